The molecule has 0 atom stereocenters. The average molecular weight is 339 g/mol. The van der Waals surface area contributed by atoms with E-state index >= 15 is 0 Å². The van der Waals surface area contributed by atoms with E-state index in [1.807, 2.05) is 48.2 Å². The molecule has 0 spiro atoms. The number of carbonyl (C=O) groups excluding carboxylic acids is 1. The maximum Gasteiger partial charge on any atom is 0.227 e. The van der Waals surface area contributed by atoms with Gasteiger partial charge in [-0.05, 0) is 18.6 Å². The third kappa shape index (κ3) is 3.54. The van der Waals surface area contributed by atoms with Gasteiger partial charge in [-0.15, -0.1) is 0 Å². The highest BCUT2D eigenvalue weighted by atomic mass is 16.5. The van der Waals surface area contributed by atoms with Gasteiger partial charge in [0.15, 0.2) is 0 Å². The Morgan fingerprint density at radius 3 is 2.48 bits per heavy atom. The van der Waals surface area contributed by atoms with Gasteiger partial charge < -0.3 is 14.4 Å². The summed E-state index contributed by atoms with van der Waals surface area (Å²) in [6.07, 6.45) is 0.364. The molecule has 0 N–H and O–H groups in total. The number of rotatable bonds is 6. The molecule has 3 rings (SSSR count). The fourth-order valence-electron chi connectivity index (χ4n) is 3.61. The summed E-state index contributed by atoms with van der Waals surface area (Å²) in [6, 6.07) is 16.3. The van der Waals surface area contributed by atoms with Gasteiger partial charge in [0.05, 0.1) is 25.6 Å². The van der Waals surface area contributed by atoms with Gasteiger partial charge >= 0.3 is 0 Å². The highest BCUT2D eigenvalue weighted by molar-refractivity contribution is 5.81. The number of carbonyl (C=O) groups is 1. The first-order valence-corrected chi connectivity index (χ1v) is 8.54. The number of benzene rings is 2. The zero-order valence-corrected chi connectivity index (χ0v) is 15.1. The van der Waals surface area contributed by atoms with Gasteiger partial charge in [-0.1, -0.05) is 48.0 Å². The van der Waals surface area contributed by atoms with Crippen molar-refractivity contribution < 1.29 is 14.3 Å². The fourth-order valence-corrected chi connectivity index (χ4v) is 3.61. The number of likely N-dealkylation sites (tertiary alicyclic amines) is 1. The molecule has 0 saturated carbocycles. The zero-order chi connectivity index (χ0) is 17.9. The number of nitrogens with zero attached hydrogens (tertiary/aromatic N) is 1. The highest BCUT2D eigenvalue weighted by Gasteiger charge is 2.46. The van der Waals surface area contributed by atoms with E-state index < -0.39 is 0 Å². The van der Waals surface area contributed by atoms with Crippen molar-refractivity contribution in [3.8, 4) is 5.75 Å². The van der Waals surface area contributed by atoms with E-state index in [2.05, 4.69) is 12.1 Å². The van der Waals surface area contributed by atoms with Gasteiger partial charge in [0, 0.05) is 25.8 Å². The second kappa shape index (κ2) is 7.28. The quantitative estimate of drug-likeness (QED) is 0.812. The highest BCUT2D eigenvalue weighted by Crippen LogP contribution is 2.35. The molecule has 25 heavy (non-hydrogen) atoms. The van der Waals surface area contributed by atoms with Crippen molar-refractivity contribution in [3.63, 3.8) is 0 Å². The maximum atomic E-state index is 12.7. The molecule has 0 bridgehead atoms. The van der Waals surface area contributed by atoms with Crippen molar-refractivity contribution >= 4 is 5.91 Å². The minimum absolute atomic E-state index is 0.0949. The van der Waals surface area contributed by atoms with E-state index in [1.165, 1.54) is 5.56 Å². The largest absolute Gasteiger partial charge is 0.496 e. The molecule has 1 heterocycles. The van der Waals surface area contributed by atoms with Crippen LogP contribution in [0.15, 0.2) is 48.5 Å². The molecule has 0 aliphatic carbocycles. The lowest BCUT2D eigenvalue weighted by molar-refractivity contribution is -0.140. The fraction of sp³-hybridized carbons (Fsp3) is 0.381. The van der Waals surface area contributed by atoms with Crippen LogP contribution in [0.4, 0.5) is 0 Å². The van der Waals surface area contributed by atoms with E-state index in [9.17, 15) is 4.79 Å². The number of ether oxygens (including phenoxy) is 2. The van der Waals surface area contributed by atoms with E-state index in [0.29, 0.717) is 26.1 Å². The van der Waals surface area contributed by atoms with E-state index in [4.69, 9.17) is 9.47 Å². The normalized spacial score (nSPS) is 15.6. The topological polar surface area (TPSA) is 38.8 Å². The molecule has 4 heteroatoms. The molecule has 1 saturated heterocycles. The lowest BCUT2D eigenvalue weighted by atomic mass is 9.74. The van der Waals surface area contributed by atoms with Gasteiger partial charge in [0.1, 0.15) is 5.75 Å². The van der Waals surface area contributed by atoms with Crippen molar-refractivity contribution in [1.82, 2.24) is 4.90 Å². The lowest BCUT2D eigenvalue weighted by Gasteiger charge is -2.50. The van der Waals surface area contributed by atoms with Gasteiger partial charge in [-0.2, -0.15) is 0 Å². The second-order valence-electron chi connectivity index (χ2n) is 6.82. The zero-order valence-electron chi connectivity index (χ0n) is 15.1. The molecule has 2 aromatic rings. The Labute approximate surface area is 149 Å². The second-order valence-corrected chi connectivity index (χ2v) is 6.82. The first-order valence-electron chi connectivity index (χ1n) is 8.54. The average Bonchev–Trinajstić information content (AvgIpc) is 2.58. The predicted octanol–water partition coefficient (Wildman–Crippen LogP) is 2.97. The molecule has 1 aliphatic heterocycles. The minimum Gasteiger partial charge on any atom is -0.496 e. The number of hydrogen-bond donors (Lipinski definition) is 0. The Morgan fingerprint density at radius 2 is 1.84 bits per heavy atom. The molecular formula is C21H25NO3. The van der Waals surface area contributed by atoms with E-state index in [-0.39, 0.29) is 11.3 Å². The van der Waals surface area contributed by atoms with Crippen LogP contribution in [0.2, 0.25) is 0 Å². The molecule has 0 aromatic heterocycles. The van der Waals surface area contributed by atoms with Gasteiger partial charge in [-0.3, -0.25) is 4.79 Å². The molecule has 4 nitrogen and oxygen atoms in total. The Hall–Kier alpha value is -2.33. The van der Waals surface area contributed by atoms with Gasteiger partial charge in [-0.25, -0.2) is 0 Å². The van der Waals surface area contributed by atoms with Crippen LogP contribution in [-0.4, -0.2) is 44.7 Å². The summed E-state index contributed by atoms with van der Waals surface area (Å²) in [6.45, 7) is 4.03. The van der Waals surface area contributed by atoms with Crippen LogP contribution in [-0.2, 0) is 21.4 Å². The van der Waals surface area contributed by atoms with Crippen LogP contribution < -0.4 is 4.74 Å². The molecular weight excluding hydrogens is 314 g/mol. The third-order valence-corrected chi connectivity index (χ3v) is 4.92. The molecule has 132 valence electrons. The first kappa shape index (κ1) is 17.5. The third-order valence-electron chi connectivity index (χ3n) is 4.92. The summed E-state index contributed by atoms with van der Waals surface area (Å²) in [5.41, 5.74) is 3.21. The summed E-state index contributed by atoms with van der Waals surface area (Å²) in [5.74, 6) is 0.900. The summed E-state index contributed by atoms with van der Waals surface area (Å²) < 4.78 is 10.8. The molecule has 0 radical (unpaired) electrons. The van der Waals surface area contributed by atoms with Crippen LogP contribution in [0, 0.1) is 6.92 Å². The van der Waals surface area contributed by atoms with E-state index in [0.717, 1.165) is 16.9 Å². The van der Waals surface area contributed by atoms with Crippen LogP contribution in [0.5, 0.6) is 5.75 Å². The molecule has 1 fully saturated rings. The van der Waals surface area contributed by atoms with E-state index in [1.54, 1.807) is 14.2 Å². The number of aryl methyl sites for hydroxylation is 1. The Bertz CT molecular complexity index is 736. The van der Waals surface area contributed by atoms with Crippen LogP contribution in [0.1, 0.15) is 16.7 Å². The SMILES string of the molecule is COCC1(c2ccccc2)CN(C(=O)Cc2cc(C)ccc2OC)C1. The molecule has 2 aromatic carbocycles. The number of hydrogen-bond acceptors (Lipinski definition) is 3. The van der Waals surface area contributed by atoms with Crippen LogP contribution >= 0.6 is 0 Å². The Kier molecular flexibility index (Phi) is 5.09. The van der Waals surface area contributed by atoms with Gasteiger partial charge in [0.25, 0.3) is 0 Å². The van der Waals surface area contributed by atoms with Crippen molar-refractivity contribution in [2.45, 2.75) is 18.8 Å². The maximum absolute atomic E-state index is 12.7. The van der Waals surface area contributed by atoms with Crippen molar-refractivity contribution in [3.05, 3.63) is 65.2 Å². The van der Waals surface area contributed by atoms with Crippen molar-refractivity contribution in [2.75, 3.05) is 33.9 Å². The number of methoxy groups -OCH3 is 2. The summed E-state index contributed by atoms with van der Waals surface area (Å²) in [7, 11) is 3.36. The summed E-state index contributed by atoms with van der Waals surface area (Å²) in [5, 5.41) is 0. The van der Waals surface area contributed by atoms with Crippen molar-refractivity contribution in [1.29, 1.82) is 0 Å². The Morgan fingerprint density at radius 1 is 1.12 bits per heavy atom. The van der Waals surface area contributed by atoms with Gasteiger partial charge in [0.2, 0.25) is 5.91 Å². The Balaban J connectivity index is 1.71. The first-order chi connectivity index (χ1) is 12.1. The van der Waals surface area contributed by atoms with Crippen molar-refractivity contribution in [2.24, 2.45) is 0 Å². The summed E-state index contributed by atoms with van der Waals surface area (Å²) in [4.78, 5) is 14.6. The molecule has 1 aliphatic rings. The van der Waals surface area contributed by atoms with Crippen LogP contribution in [0.25, 0.3) is 0 Å². The summed E-state index contributed by atoms with van der Waals surface area (Å²) >= 11 is 0. The predicted molar refractivity (Wildman–Crippen MR) is 98.0 cm³/mol. The molecule has 0 unspecified atom stereocenters. The number of amides is 1. The minimum atomic E-state index is -0.0949. The smallest absolute Gasteiger partial charge is 0.227 e. The molecule has 1 amide bonds. The van der Waals surface area contributed by atoms with Crippen LogP contribution in [0.3, 0.4) is 0 Å². The standard InChI is InChI=1S/C21H25NO3/c1-16-9-10-19(25-3)17(11-16)12-20(23)22-13-21(14-22,15-24-2)18-7-5-4-6-8-18/h4-11H,12-15H2,1-3H3. The monoisotopic (exact) mass is 339 g/mol. The lowest BCUT2D eigenvalue weighted by Crippen LogP contribution is -2.63.